The molecule has 2 unspecified atom stereocenters. The van der Waals surface area contributed by atoms with Crippen LogP contribution in [0.15, 0.2) is 24.3 Å². The van der Waals surface area contributed by atoms with Crippen LogP contribution in [0.1, 0.15) is 58.1 Å². The maximum absolute atomic E-state index is 6.55. The number of nitrogens with two attached hydrogens (primary N) is 1. The monoisotopic (exact) mass is 261 g/mol. The van der Waals surface area contributed by atoms with E-state index in [4.69, 9.17) is 10.5 Å². The Bertz CT molecular complexity index is 413. The molecule has 1 aliphatic carbocycles. The fourth-order valence-corrected chi connectivity index (χ4v) is 3.40. The van der Waals surface area contributed by atoms with Gasteiger partial charge in [-0.2, -0.15) is 0 Å². The normalized spacial score (nSPS) is 23.9. The Hall–Kier alpha value is -1.02. The number of hydrogen-bond acceptors (Lipinski definition) is 2. The molecule has 0 saturated heterocycles. The highest BCUT2D eigenvalue weighted by atomic mass is 16.5. The minimum Gasteiger partial charge on any atom is -0.494 e. The highest BCUT2D eigenvalue weighted by molar-refractivity contribution is 5.31. The molecular weight excluding hydrogens is 234 g/mol. The molecule has 0 aliphatic heterocycles. The van der Waals surface area contributed by atoms with Crippen LogP contribution in [-0.2, 0) is 0 Å². The highest BCUT2D eigenvalue weighted by Crippen LogP contribution is 2.46. The van der Waals surface area contributed by atoms with Crippen molar-refractivity contribution in [1.29, 1.82) is 0 Å². The molecule has 1 aromatic carbocycles. The van der Waals surface area contributed by atoms with Crippen LogP contribution in [0.5, 0.6) is 5.75 Å². The number of rotatable bonds is 4. The minimum atomic E-state index is 0.121. The Kier molecular flexibility index (Phi) is 4.51. The lowest BCUT2D eigenvalue weighted by atomic mass is 9.65. The van der Waals surface area contributed by atoms with Gasteiger partial charge in [-0.25, -0.2) is 0 Å². The zero-order valence-corrected chi connectivity index (χ0v) is 12.5. The fraction of sp³-hybridized carbons (Fsp3) is 0.647. The third-order valence-electron chi connectivity index (χ3n) is 4.58. The second-order valence-electron chi connectivity index (χ2n) is 6.37. The molecule has 1 aromatic rings. The van der Waals surface area contributed by atoms with Crippen LogP contribution in [0.4, 0.5) is 0 Å². The number of benzene rings is 1. The van der Waals surface area contributed by atoms with Crippen LogP contribution in [-0.4, -0.2) is 6.61 Å². The average Bonchev–Trinajstić information content (AvgIpc) is 2.38. The summed E-state index contributed by atoms with van der Waals surface area (Å²) in [6, 6.07) is 8.43. The first-order valence-corrected chi connectivity index (χ1v) is 7.53. The van der Waals surface area contributed by atoms with Gasteiger partial charge >= 0.3 is 0 Å². The Labute approximate surface area is 117 Å². The molecule has 2 heteroatoms. The fourth-order valence-electron chi connectivity index (χ4n) is 3.40. The van der Waals surface area contributed by atoms with E-state index < -0.39 is 0 Å². The van der Waals surface area contributed by atoms with Gasteiger partial charge in [0.05, 0.1) is 6.61 Å². The summed E-state index contributed by atoms with van der Waals surface area (Å²) in [5, 5.41) is 0. The summed E-state index contributed by atoms with van der Waals surface area (Å²) in [6.07, 6.45) is 5.19. The molecule has 2 atom stereocenters. The first-order valence-electron chi connectivity index (χ1n) is 7.53. The van der Waals surface area contributed by atoms with Crippen molar-refractivity contribution in [3.05, 3.63) is 29.8 Å². The van der Waals surface area contributed by atoms with Gasteiger partial charge in [-0.1, -0.05) is 38.8 Å². The number of hydrogen-bond donors (Lipinski definition) is 1. The predicted octanol–water partition coefficient (Wildman–Crippen LogP) is 4.30. The van der Waals surface area contributed by atoms with Gasteiger partial charge in [0, 0.05) is 6.04 Å². The van der Waals surface area contributed by atoms with Crippen molar-refractivity contribution in [3.63, 3.8) is 0 Å². The largest absolute Gasteiger partial charge is 0.494 e. The van der Waals surface area contributed by atoms with E-state index in [0.717, 1.165) is 5.75 Å². The predicted molar refractivity (Wildman–Crippen MR) is 80.3 cm³/mol. The van der Waals surface area contributed by atoms with Crippen molar-refractivity contribution in [1.82, 2.24) is 0 Å². The quantitative estimate of drug-likeness (QED) is 0.877. The minimum absolute atomic E-state index is 0.121. The Morgan fingerprint density at radius 1 is 1.37 bits per heavy atom. The van der Waals surface area contributed by atoms with Crippen molar-refractivity contribution >= 4 is 0 Å². The van der Waals surface area contributed by atoms with Crippen LogP contribution in [0.3, 0.4) is 0 Å². The van der Waals surface area contributed by atoms with Crippen molar-refractivity contribution in [2.45, 2.75) is 52.5 Å². The van der Waals surface area contributed by atoms with Gasteiger partial charge in [0.2, 0.25) is 0 Å². The molecule has 2 rings (SSSR count). The van der Waals surface area contributed by atoms with E-state index in [-0.39, 0.29) is 6.04 Å². The molecule has 1 aliphatic rings. The van der Waals surface area contributed by atoms with Gasteiger partial charge in [-0.15, -0.1) is 0 Å². The first kappa shape index (κ1) is 14.4. The molecule has 0 spiro atoms. The van der Waals surface area contributed by atoms with Gasteiger partial charge < -0.3 is 10.5 Å². The Balaban J connectivity index is 2.18. The molecule has 0 amide bonds. The maximum Gasteiger partial charge on any atom is 0.119 e. The summed E-state index contributed by atoms with van der Waals surface area (Å²) in [7, 11) is 0. The van der Waals surface area contributed by atoms with Crippen molar-refractivity contribution in [3.8, 4) is 5.75 Å². The summed E-state index contributed by atoms with van der Waals surface area (Å²) >= 11 is 0. The summed E-state index contributed by atoms with van der Waals surface area (Å²) in [5.41, 5.74) is 8.12. The standard InChI is InChI=1S/C17H27NO/c1-4-19-14-9-7-8-13(12-14)16(18)15-10-5-6-11-17(15,2)3/h7-9,12,15-16H,4-6,10-11,18H2,1-3H3. The second-order valence-corrected chi connectivity index (χ2v) is 6.37. The lowest BCUT2D eigenvalue weighted by Gasteiger charge is -2.42. The van der Waals surface area contributed by atoms with E-state index in [2.05, 4.69) is 32.0 Å². The molecule has 0 radical (unpaired) electrons. The molecule has 19 heavy (non-hydrogen) atoms. The van der Waals surface area contributed by atoms with Crippen LogP contribution < -0.4 is 10.5 Å². The third-order valence-corrected chi connectivity index (χ3v) is 4.58. The summed E-state index contributed by atoms with van der Waals surface area (Å²) in [4.78, 5) is 0. The van der Waals surface area contributed by atoms with Gasteiger partial charge in [0.1, 0.15) is 5.75 Å². The molecule has 106 valence electrons. The molecule has 0 bridgehead atoms. The topological polar surface area (TPSA) is 35.2 Å². The van der Waals surface area contributed by atoms with Gasteiger partial charge in [-0.05, 0) is 48.8 Å². The molecule has 1 saturated carbocycles. The Morgan fingerprint density at radius 3 is 2.84 bits per heavy atom. The van der Waals surface area contributed by atoms with Crippen LogP contribution in [0.2, 0.25) is 0 Å². The van der Waals surface area contributed by atoms with Gasteiger partial charge in [0.15, 0.2) is 0 Å². The van der Waals surface area contributed by atoms with E-state index in [1.54, 1.807) is 0 Å². The molecule has 2 nitrogen and oxygen atoms in total. The van der Waals surface area contributed by atoms with Crippen molar-refractivity contribution in [2.75, 3.05) is 6.61 Å². The molecule has 0 heterocycles. The van der Waals surface area contributed by atoms with E-state index in [1.165, 1.54) is 31.2 Å². The maximum atomic E-state index is 6.55. The van der Waals surface area contributed by atoms with E-state index in [0.29, 0.717) is 17.9 Å². The Morgan fingerprint density at radius 2 is 2.16 bits per heavy atom. The van der Waals surface area contributed by atoms with Crippen LogP contribution in [0, 0.1) is 11.3 Å². The van der Waals surface area contributed by atoms with Gasteiger partial charge in [0.25, 0.3) is 0 Å². The molecular formula is C17H27NO. The molecule has 2 N–H and O–H groups in total. The van der Waals surface area contributed by atoms with Gasteiger partial charge in [-0.3, -0.25) is 0 Å². The summed E-state index contributed by atoms with van der Waals surface area (Å²) < 4.78 is 5.58. The zero-order valence-electron chi connectivity index (χ0n) is 12.5. The van der Waals surface area contributed by atoms with Crippen LogP contribution >= 0.6 is 0 Å². The molecule has 0 aromatic heterocycles. The lowest BCUT2D eigenvalue weighted by Crippen LogP contribution is -2.36. The summed E-state index contributed by atoms with van der Waals surface area (Å²) in [5.74, 6) is 1.50. The first-order chi connectivity index (χ1) is 9.04. The number of ether oxygens (including phenoxy) is 1. The molecule has 1 fully saturated rings. The average molecular weight is 261 g/mol. The van der Waals surface area contributed by atoms with Crippen molar-refractivity contribution in [2.24, 2.45) is 17.1 Å². The second kappa shape index (κ2) is 5.96. The van der Waals surface area contributed by atoms with E-state index in [9.17, 15) is 0 Å². The zero-order chi connectivity index (χ0) is 13.9. The van der Waals surface area contributed by atoms with E-state index >= 15 is 0 Å². The smallest absolute Gasteiger partial charge is 0.119 e. The SMILES string of the molecule is CCOc1cccc(C(N)C2CCCCC2(C)C)c1. The third kappa shape index (κ3) is 3.30. The summed E-state index contributed by atoms with van der Waals surface area (Å²) in [6.45, 7) is 7.44. The lowest BCUT2D eigenvalue weighted by molar-refractivity contribution is 0.112. The highest BCUT2D eigenvalue weighted by Gasteiger charge is 2.36. The van der Waals surface area contributed by atoms with E-state index in [1.807, 2.05) is 13.0 Å². The van der Waals surface area contributed by atoms with Crippen LogP contribution in [0.25, 0.3) is 0 Å². The van der Waals surface area contributed by atoms with Crippen molar-refractivity contribution < 1.29 is 4.74 Å².